The van der Waals surface area contributed by atoms with E-state index in [1.165, 1.54) is 24.0 Å². The first kappa shape index (κ1) is 19.2. The Bertz CT molecular complexity index is 1020. The molecule has 0 atom stereocenters. The lowest BCUT2D eigenvalue weighted by Gasteiger charge is -2.07. The molecule has 0 fully saturated rings. The first-order valence-corrected chi connectivity index (χ1v) is 9.20. The second-order valence-corrected chi connectivity index (χ2v) is 6.54. The van der Waals surface area contributed by atoms with Crippen LogP contribution in [0.2, 0.25) is 0 Å². The number of nitro groups is 1. The Hall–Kier alpha value is -3.53. The van der Waals surface area contributed by atoms with Gasteiger partial charge in [-0.05, 0) is 25.1 Å². The summed E-state index contributed by atoms with van der Waals surface area (Å²) >= 11 is 1.22. The molecule has 0 bridgehead atoms. The van der Waals surface area contributed by atoms with Crippen molar-refractivity contribution < 1.29 is 9.72 Å². The van der Waals surface area contributed by atoms with Gasteiger partial charge in [0.2, 0.25) is 0 Å². The molecule has 0 spiro atoms. The second kappa shape index (κ2) is 8.91. The third-order valence-electron chi connectivity index (χ3n) is 3.67. The van der Waals surface area contributed by atoms with Crippen LogP contribution < -0.4 is 5.43 Å². The van der Waals surface area contributed by atoms with E-state index in [9.17, 15) is 14.9 Å². The van der Waals surface area contributed by atoms with E-state index in [2.05, 4.69) is 20.7 Å². The van der Waals surface area contributed by atoms with Crippen LogP contribution in [-0.4, -0.2) is 37.6 Å². The zero-order chi connectivity index (χ0) is 19.9. The van der Waals surface area contributed by atoms with Gasteiger partial charge in [0.25, 0.3) is 11.6 Å². The smallest absolute Gasteiger partial charge is 0.274 e. The number of nitrogens with one attached hydrogen (secondary N) is 1. The maximum Gasteiger partial charge on any atom is 0.278 e. The Morgan fingerprint density at radius 3 is 2.68 bits per heavy atom. The standard InChI is InChI=1S/C18H16N6O3S/c1-13-20-22-18(23(13)15-8-3-2-4-9-15)28-12-17(25)21-19-11-14-7-5-6-10-16(14)24(26)27/h2-11H,12H2,1H3,(H,21,25)/b19-11+. The van der Waals surface area contributed by atoms with Gasteiger partial charge >= 0.3 is 0 Å². The lowest BCUT2D eigenvalue weighted by molar-refractivity contribution is -0.385. The highest BCUT2D eigenvalue weighted by molar-refractivity contribution is 7.99. The molecule has 0 aliphatic rings. The van der Waals surface area contributed by atoms with Crippen molar-refractivity contribution in [3.05, 3.63) is 76.1 Å². The summed E-state index contributed by atoms with van der Waals surface area (Å²) in [6.45, 7) is 1.83. The zero-order valence-corrected chi connectivity index (χ0v) is 15.7. The summed E-state index contributed by atoms with van der Waals surface area (Å²) in [7, 11) is 0. The highest BCUT2D eigenvalue weighted by Crippen LogP contribution is 2.21. The number of rotatable bonds is 7. The number of hydrogen-bond acceptors (Lipinski definition) is 7. The van der Waals surface area contributed by atoms with Crippen molar-refractivity contribution in [3.8, 4) is 5.69 Å². The number of hydrogen-bond donors (Lipinski definition) is 1. The normalized spacial score (nSPS) is 10.9. The van der Waals surface area contributed by atoms with Crippen molar-refractivity contribution in [2.75, 3.05) is 5.75 Å². The summed E-state index contributed by atoms with van der Waals surface area (Å²) in [4.78, 5) is 22.5. The van der Waals surface area contributed by atoms with Crippen LogP contribution >= 0.6 is 11.8 Å². The van der Waals surface area contributed by atoms with Crippen molar-refractivity contribution >= 4 is 29.6 Å². The number of amides is 1. The Kier molecular flexibility index (Phi) is 6.12. The third kappa shape index (κ3) is 4.60. The summed E-state index contributed by atoms with van der Waals surface area (Å²) in [5, 5.41) is 23.5. The maximum absolute atomic E-state index is 12.0. The molecule has 2 aromatic carbocycles. The van der Waals surface area contributed by atoms with Gasteiger partial charge in [0.15, 0.2) is 5.16 Å². The number of aryl methyl sites for hydroxylation is 1. The van der Waals surface area contributed by atoms with Gasteiger partial charge in [0, 0.05) is 11.8 Å². The number of benzene rings is 2. The molecule has 1 N–H and O–H groups in total. The lowest BCUT2D eigenvalue weighted by Crippen LogP contribution is -2.20. The van der Waals surface area contributed by atoms with Gasteiger partial charge in [0.1, 0.15) is 5.82 Å². The van der Waals surface area contributed by atoms with Crippen LogP contribution in [0.4, 0.5) is 5.69 Å². The molecule has 0 aliphatic carbocycles. The number of thioether (sulfide) groups is 1. The van der Waals surface area contributed by atoms with Gasteiger partial charge < -0.3 is 0 Å². The fraction of sp³-hybridized carbons (Fsp3) is 0.111. The average molecular weight is 396 g/mol. The zero-order valence-electron chi connectivity index (χ0n) is 14.8. The Labute approximate surface area is 164 Å². The summed E-state index contributed by atoms with van der Waals surface area (Å²) in [6, 6.07) is 15.7. The molecule has 0 saturated heterocycles. The fourth-order valence-corrected chi connectivity index (χ4v) is 3.20. The molecule has 3 rings (SSSR count). The number of aromatic nitrogens is 3. The van der Waals surface area contributed by atoms with Crippen molar-refractivity contribution in [1.29, 1.82) is 0 Å². The minimum atomic E-state index is -0.502. The van der Waals surface area contributed by atoms with Gasteiger partial charge in [0.05, 0.1) is 22.5 Å². The molecule has 142 valence electrons. The molecule has 0 saturated carbocycles. The first-order chi connectivity index (χ1) is 13.6. The van der Waals surface area contributed by atoms with E-state index in [-0.39, 0.29) is 17.3 Å². The van der Waals surface area contributed by atoms with Crippen LogP contribution in [0.3, 0.4) is 0 Å². The number of hydrazone groups is 1. The summed E-state index contributed by atoms with van der Waals surface area (Å²) in [6.07, 6.45) is 1.25. The van der Waals surface area contributed by atoms with E-state index in [4.69, 9.17) is 0 Å². The van der Waals surface area contributed by atoms with E-state index in [1.54, 1.807) is 18.2 Å². The molecule has 0 unspecified atom stereocenters. The number of para-hydroxylation sites is 2. The number of carbonyl (C=O) groups excluding carboxylic acids is 1. The number of nitrogens with zero attached hydrogens (tertiary/aromatic N) is 5. The molecule has 0 radical (unpaired) electrons. The molecule has 1 heterocycles. The predicted octanol–water partition coefficient (Wildman–Crippen LogP) is 2.73. The highest BCUT2D eigenvalue weighted by Gasteiger charge is 2.13. The molecule has 10 heteroatoms. The number of nitro benzene ring substituents is 1. The van der Waals surface area contributed by atoms with E-state index < -0.39 is 4.92 Å². The number of carbonyl (C=O) groups is 1. The largest absolute Gasteiger partial charge is 0.278 e. The molecular weight excluding hydrogens is 380 g/mol. The van der Waals surface area contributed by atoms with Crippen molar-refractivity contribution in [2.24, 2.45) is 5.10 Å². The average Bonchev–Trinajstić information content (AvgIpc) is 3.07. The molecule has 9 nitrogen and oxygen atoms in total. The van der Waals surface area contributed by atoms with Crippen LogP contribution in [-0.2, 0) is 4.79 Å². The van der Waals surface area contributed by atoms with Crippen LogP contribution in [0, 0.1) is 17.0 Å². The maximum atomic E-state index is 12.0. The molecule has 0 aliphatic heterocycles. The van der Waals surface area contributed by atoms with Crippen LogP contribution in [0.1, 0.15) is 11.4 Å². The van der Waals surface area contributed by atoms with Crippen molar-refractivity contribution in [3.63, 3.8) is 0 Å². The monoisotopic (exact) mass is 396 g/mol. The summed E-state index contributed by atoms with van der Waals surface area (Å²) in [5.74, 6) is 0.419. The summed E-state index contributed by atoms with van der Waals surface area (Å²) < 4.78 is 1.86. The van der Waals surface area contributed by atoms with E-state index >= 15 is 0 Å². The van der Waals surface area contributed by atoms with Crippen LogP contribution in [0.5, 0.6) is 0 Å². The van der Waals surface area contributed by atoms with Gasteiger partial charge in [-0.2, -0.15) is 5.10 Å². The Balaban J connectivity index is 1.61. The quantitative estimate of drug-likeness (QED) is 0.284. The third-order valence-corrected chi connectivity index (χ3v) is 4.60. The Morgan fingerprint density at radius 1 is 1.21 bits per heavy atom. The SMILES string of the molecule is Cc1nnc(SCC(=O)N/N=C/c2ccccc2[N+](=O)[O-])n1-c1ccccc1. The van der Waals surface area contributed by atoms with Gasteiger partial charge in [-0.1, -0.05) is 42.1 Å². The lowest BCUT2D eigenvalue weighted by atomic mass is 10.2. The summed E-state index contributed by atoms with van der Waals surface area (Å²) in [5.41, 5.74) is 3.49. The van der Waals surface area contributed by atoms with E-state index in [0.29, 0.717) is 16.5 Å². The van der Waals surface area contributed by atoms with Crippen LogP contribution in [0.25, 0.3) is 5.69 Å². The molecular formula is C18H16N6O3S. The minimum Gasteiger partial charge on any atom is -0.274 e. The molecule has 3 aromatic rings. The van der Waals surface area contributed by atoms with Crippen molar-refractivity contribution in [1.82, 2.24) is 20.2 Å². The molecule has 28 heavy (non-hydrogen) atoms. The fourth-order valence-electron chi connectivity index (χ4n) is 2.41. The van der Waals surface area contributed by atoms with Gasteiger partial charge in [-0.3, -0.25) is 19.5 Å². The molecule has 1 aromatic heterocycles. The minimum absolute atomic E-state index is 0.0686. The predicted molar refractivity (Wildman–Crippen MR) is 106 cm³/mol. The van der Waals surface area contributed by atoms with E-state index in [0.717, 1.165) is 5.69 Å². The highest BCUT2D eigenvalue weighted by atomic mass is 32.2. The van der Waals surface area contributed by atoms with E-state index in [1.807, 2.05) is 41.8 Å². The molecule has 1 amide bonds. The Morgan fingerprint density at radius 2 is 1.93 bits per heavy atom. The second-order valence-electron chi connectivity index (χ2n) is 5.60. The van der Waals surface area contributed by atoms with Crippen LogP contribution in [0.15, 0.2) is 64.9 Å². The van der Waals surface area contributed by atoms with Gasteiger partial charge in [-0.25, -0.2) is 5.43 Å². The van der Waals surface area contributed by atoms with Crippen molar-refractivity contribution in [2.45, 2.75) is 12.1 Å². The first-order valence-electron chi connectivity index (χ1n) is 8.22. The van der Waals surface area contributed by atoms with Gasteiger partial charge in [-0.15, -0.1) is 10.2 Å². The topological polar surface area (TPSA) is 115 Å².